The van der Waals surface area contributed by atoms with E-state index >= 15 is 0 Å². The van der Waals surface area contributed by atoms with Gasteiger partial charge in [0.05, 0.1) is 19.8 Å². The number of amides is 1. The Morgan fingerprint density at radius 1 is 1.07 bits per heavy atom. The van der Waals surface area contributed by atoms with Crippen molar-refractivity contribution in [2.75, 3.05) is 20.3 Å². The Morgan fingerprint density at radius 3 is 2.56 bits per heavy atom. The summed E-state index contributed by atoms with van der Waals surface area (Å²) in [6.07, 6.45) is 3.78. The minimum atomic E-state index is -0.747. The molecule has 0 fully saturated rings. The van der Waals surface area contributed by atoms with E-state index in [2.05, 4.69) is 12.2 Å². The monoisotopic (exact) mass is 371 g/mol. The van der Waals surface area contributed by atoms with Crippen LogP contribution in [-0.4, -0.2) is 31.3 Å². The smallest absolute Gasteiger partial charge is 0.251 e. The van der Waals surface area contributed by atoms with Crippen molar-refractivity contribution in [3.8, 4) is 11.5 Å². The van der Waals surface area contributed by atoms with Gasteiger partial charge in [-0.3, -0.25) is 4.79 Å². The van der Waals surface area contributed by atoms with E-state index in [1.807, 2.05) is 30.3 Å². The number of rotatable bonds is 11. The van der Waals surface area contributed by atoms with Gasteiger partial charge in [0.2, 0.25) is 0 Å². The molecule has 1 atom stereocenters. The molecule has 5 nitrogen and oxygen atoms in total. The fraction of sp³-hybridized carbons (Fsp3) is 0.409. The summed E-state index contributed by atoms with van der Waals surface area (Å²) in [6.45, 7) is 2.94. The van der Waals surface area contributed by atoms with Crippen LogP contribution in [0.5, 0.6) is 11.5 Å². The molecule has 0 saturated heterocycles. The van der Waals surface area contributed by atoms with Crippen LogP contribution in [0.15, 0.2) is 48.5 Å². The van der Waals surface area contributed by atoms with Crippen molar-refractivity contribution in [1.29, 1.82) is 0 Å². The molecule has 2 aromatic rings. The van der Waals surface area contributed by atoms with E-state index in [9.17, 15) is 9.90 Å². The maximum Gasteiger partial charge on any atom is 0.251 e. The van der Waals surface area contributed by atoms with Crippen molar-refractivity contribution in [1.82, 2.24) is 5.32 Å². The minimum absolute atomic E-state index is 0.140. The second-order valence-corrected chi connectivity index (χ2v) is 6.41. The van der Waals surface area contributed by atoms with Crippen molar-refractivity contribution >= 4 is 5.91 Å². The summed E-state index contributed by atoms with van der Waals surface area (Å²) in [4.78, 5) is 12.4. The standard InChI is InChI=1S/C22H29NO4/c1-3-4-5-9-14-27-20-13-12-18(15-21(20)26-2)22(25)23-16-19(24)17-10-7-6-8-11-17/h6-8,10-13,15,19,24H,3-5,9,14,16H2,1-2H3,(H,23,25). The average Bonchev–Trinajstić information content (AvgIpc) is 2.72. The summed E-state index contributed by atoms with van der Waals surface area (Å²) in [5, 5.41) is 12.9. The molecule has 0 radical (unpaired) electrons. The molecule has 5 heteroatoms. The predicted octanol–water partition coefficient (Wildman–Crippen LogP) is 4.12. The zero-order valence-corrected chi connectivity index (χ0v) is 16.1. The number of aliphatic hydroxyl groups excluding tert-OH is 1. The molecule has 0 aliphatic carbocycles. The molecule has 2 rings (SSSR count). The Labute approximate surface area is 161 Å². The van der Waals surface area contributed by atoms with Gasteiger partial charge < -0.3 is 19.9 Å². The molecule has 146 valence electrons. The third-order valence-electron chi connectivity index (χ3n) is 4.32. The van der Waals surface area contributed by atoms with Crippen LogP contribution in [0.1, 0.15) is 54.6 Å². The summed E-state index contributed by atoms with van der Waals surface area (Å²) < 4.78 is 11.1. The number of aliphatic hydroxyl groups is 1. The highest BCUT2D eigenvalue weighted by molar-refractivity contribution is 5.94. The van der Waals surface area contributed by atoms with E-state index in [4.69, 9.17) is 9.47 Å². The van der Waals surface area contributed by atoms with E-state index in [0.29, 0.717) is 23.7 Å². The third kappa shape index (κ3) is 6.61. The molecule has 2 aromatic carbocycles. The van der Waals surface area contributed by atoms with E-state index in [1.54, 1.807) is 25.3 Å². The Bertz CT molecular complexity index is 703. The van der Waals surface area contributed by atoms with Crippen molar-refractivity contribution in [2.45, 2.75) is 38.7 Å². The molecule has 0 aliphatic heterocycles. The molecule has 0 aromatic heterocycles. The van der Waals surface area contributed by atoms with Crippen molar-refractivity contribution in [3.63, 3.8) is 0 Å². The molecule has 1 amide bonds. The van der Waals surface area contributed by atoms with Gasteiger partial charge in [-0.1, -0.05) is 56.5 Å². The molecule has 0 saturated carbocycles. The van der Waals surface area contributed by atoms with Crippen LogP contribution in [0.4, 0.5) is 0 Å². The van der Waals surface area contributed by atoms with Gasteiger partial charge in [0, 0.05) is 12.1 Å². The Hall–Kier alpha value is -2.53. The van der Waals surface area contributed by atoms with E-state index in [-0.39, 0.29) is 12.5 Å². The first-order valence-corrected chi connectivity index (χ1v) is 9.47. The fourth-order valence-corrected chi connectivity index (χ4v) is 2.72. The van der Waals surface area contributed by atoms with Crippen molar-refractivity contribution in [2.24, 2.45) is 0 Å². The summed E-state index contributed by atoms with van der Waals surface area (Å²) in [5.41, 5.74) is 1.23. The van der Waals surface area contributed by atoms with Gasteiger partial charge >= 0.3 is 0 Å². The van der Waals surface area contributed by atoms with Crippen LogP contribution in [0, 0.1) is 0 Å². The van der Waals surface area contributed by atoms with Crippen LogP contribution in [0.2, 0.25) is 0 Å². The molecule has 2 N–H and O–H groups in total. The minimum Gasteiger partial charge on any atom is -0.493 e. The number of nitrogens with one attached hydrogen (secondary N) is 1. The maximum absolute atomic E-state index is 12.4. The number of benzene rings is 2. The topological polar surface area (TPSA) is 67.8 Å². The lowest BCUT2D eigenvalue weighted by Gasteiger charge is -2.14. The van der Waals surface area contributed by atoms with Crippen LogP contribution in [0.3, 0.4) is 0 Å². The number of hydrogen-bond donors (Lipinski definition) is 2. The van der Waals surface area contributed by atoms with Crippen LogP contribution in [0.25, 0.3) is 0 Å². The summed E-state index contributed by atoms with van der Waals surface area (Å²) in [6, 6.07) is 14.4. The van der Waals surface area contributed by atoms with Crippen LogP contribution >= 0.6 is 0 Å². The molecular weight excluding hydrogens is 342 g/mol. The molecule has 0 aliphatic rings. The van der Waals surface area contributed by atoms with Crippen LogP contribution < -0.4 is 14.8 Å². The predicted molar refractivity (Wildman–Crippen MR) is 106 cm³/mol. The van der Waals surface area contributed by atoms with Gasteiger partial charge in [0.25, 0.3) is 5.91 Å². The number of carbonyl (C=O) groups excluding carboxylic acids is 1. The zero-order chi connectivity index (χ0) is 19.5. The molecule has 0 heterocycles. The molecular formula is C22H29NO4. The first-order valence-electron chi connectivity index (χ1n) is 9.47. The number of hydrogen-bond acceptors (Lipinski definition) is 4. The highest BCUT2D eigenvalue weighted by atomic mass is 16.5. The zero-order valence-electron chi connectivity index (χ0n) is 16.1. The van der Waals surface area contributed by atoms with E-state index < -0.39 is 6.10 Å². The van der Waals surface area contributed by atoms with Gasteiger partial charge in [-0.05, 0) is 30.2 Å². The first kappa shape index (κ1) is 20.8. The fourth-order valence-electron chi connectivity index (χ4n) is 2.72. The Kier molecular flexibility index (Phi) is 8.65. The van der Waals surface area contributed by atoms with Crippen molar-refractivity contribution in [3.05, 3.63) is 59.7 Å². The second kappa shape index (κ2) is 11.2. The highest BCUT2D eigenvalue weighted by Gasteiger charge is 2.13. The van der Waals surface area contributed by atoms with Crippen molar-refractivity contribution < 1.29 is 19.4 Å². The van der Waals surface area contributed by atoms with E-state index in [1.165, 1.54) is 12.8 Å². The number of unbranched alkanes of at least 4 members (excludes halogenated alkanes) is 3. The number of ether oxygens (including phenoxy) is 2. The van der Waals surface area contributed by atoms with Gasteiger partial charge in [-0.15, -0.1) is 0 Å². The van der Waals surface area contributed by atoms with Gasteiger partial charge in [-0.2, -0.15) is 0 Å². The largest absolute Gasteiger partial charge is 0.493 e. The van der Waals surface area contributed by atoms with E-state index in [0.717, 1.165) is 18.4 Å². The Morgan fingerprint density at radius 2 is 1.85 bits per heavy atom. The van der Waals surface area contributed by atoms with Gasteiger partial charge in [0.1, 0.15) is 0 Å². The Balaban J connectivity index is 1.90. The summed E-state index contributed by atoms with van der Waals surface area (Å²) in [5.74, 6) is 0.898. The molecule has 1 unspecified atom stereocenters. The molecule has 27 heavy (non-hydrogen) atoms. The third-order valence-corrected chi connectivity index (χ3v) is 4.32. The second-order valence-electron chi connectivity index (χ2n) is 6.41. The first-order chi connectivity index (χ1) is 13.2. The lowest BCUT2D eigenvalue weighted by atomic mass is 10.1. The summed E-state index contributed by atoms with van der Waals surface area (Å²) in [7, 11) is 1.56. The highest BCUT2D eigenvalue weighted by Crippen LogP contribution is 2.28. The normalized spacial score (nSPS) is 11.7. The quantitative estimate of drug-likeness (QED) is 0.583. The van der Waals surface area contributed by atoms with Gasteiger partial charge in [-0.25, -0.2) is 0 Å². The summed E-state index contributed by atoms with van der Waals surface area (Å²) >= 11 is 0. The van der Waals surface area contributed by atoms with Crippen LogP contribution in [-0.2, 0) is 0 Å². The lowest BCUT2D eigenvalue weighted by molar-refractivity contribution is 0.0916. The number of methoxy groups -OCH3 is 1. The SMILES string of the molecule is CCCCCCOc1ccc(C(=O)NCC(O)c2ccccc2)cc1OC. The molecule has 0 bridgehead atoms. The molecule has 0 spiro atoms. The van der Waals surface area contributed by atoms with Gasteiger partial charge in [0.15, 0.2) is 11.5 Å². The average molecular weight is 371 g/mol. The lowest BCUT2D eigenvalue weighted by Crippen LogP contribution is -2.28. The maximum atomic E-state index is 12.4. The number of carbonyl (C=O) groups is 1.